The molecule has 0 radical (unpaired) electrons. The molecule has 0 saturated carbocycles. The standard InChI is InChI=1S/C26H28FNO3.ClH/c1-4-30-24(29)15-22(28)21-14-20(13-18(3)26(21)27)25-17(2)9-8-12-23(25)31-16-19-10-6-5-7-11-19;/h5-14,22H,4,15-16,28H2,1-3H3;1H/t22-;/m0./s1. The number of nitrogens with two attached hydrogens (primary N) is 1. The summed E-state index contributed by atoms with van der Waals surface area (Å²) in [6.45, 7) is 6.10. The van der Waals surface area contributed by atoms with Gasteiger partial charge in [-0.3, -0.25) is 4.79 Å². The third-order valence-corrected chi connectivity index (χ3v) is 5.13. The zero-order valence-electron chi connectivity index (χ0n) is 18.6. The predicted molar refractivity (Wildman–Crippen MR) is 128 cm³/mol. The Morgan fingerprint density at radius 2 is 1.75 bits per heavy atom. The second-order valence-corrected chi connectivity index (χ2v) is 7.53. The third-order valence-electron chi connectivity index (χ3n) is 5.13. The Morgan fingerprint density at radius 1 is 1.03 bits per heavy atom. The first-order valence-corrected chi connectivity index (χ1v) is 10.4. The van der Waals surface area contributed by atoms with Gasteiger partial charge < -0.3 is 15.2 Å². The van der Waals surface area contributed by atoms with Crippen LogP contribution in [0.3, 0.4) is 0 Å². The molecule has 3 aromatic carbocycles. The average molecular weight is 458 g/mol. The minimum Gasteiger partial charge on any atom is -0.488 e. The van der Waals surface area contributed by atoms with Crippen molar-refractivity contribution in [1.29, 1.82) is 0 Å². The van der Waals surface area contributed by atoms with E-state index in [1.807, 2.05) is 55.5 Å². The molecule has 3 aromatic rings. The van der Waals surface area contributed by atoms with Gasteiger partial charge in [0.05, 0.1) is 13.0 Å². The minimum absolute atomic E-state index is 0. The Labute approximate surface area is 195 Å². The number of ether oxygens (including phenoxy) is 2. The van der Waals surface area contributed by atoms with E-state index in [4.69, 9.17) is 15.2 Å². The van der Waals surface area contributed by atoms with Crippen LogP contribution < -0.4 is 10.5 Å². The lowest BCUT2D eigenvalue weighted by Gasteiger charge is -2.19. The summed E-state index contributed by atoms with van der Waals surface area (Å²) in [5.41, 5.74) is 10.7. The lowest BCUT2D eigenvalue weighted by Crippen LogP contribution is -2.19. The van der Waals surface area contributed by atoms with Crippen molar-refractivity contribution in [1.82, 2.24) is 0 Å². The molecule has 0 aliphatic carbocycles. The maximum atomic E-state index is 14.9. The molecule has 0 aliphatic rings. The fourth-order valence-electron chi connectivity index (χ4n) is 3.59. The van der Waals surface area contributed by atoms with E-state index in [1.165, 1.54) is 0 Å². The van der Waals surface area contributed by atoms with Crippen LogP contribution in [0.25, 0.3) is 11.1 Å². The summed E-state index contributed by atoms with van der Waals surface area (Å²) in [5.74, 6) is -0.138. The normalized spacial score (nSPS) is 11.4. The molecule has 2 N–H and O–H groups in total. The SMILES string of the molecule is CCOC(=O)C[C@H](N)c1cc(-c2c(C)cccc2OCc2ccccc2)cc(C)c1F.Cl. The summed E-state index contributed by atoms with van der Waals surface area (Å²) in [4.78, 5) is 11.9. The molecule has 0 amide bonds. The van der Waals surface area contributed by atoms with E-state index < -0.39 is 17.8 Å². The van der Waals surface area contributed by atoms with Crippen LogP contribution in [0.15, 0.2) is 60.7 Å². The number of aryl methyl sites for hydroxylation is 2. The highest BCUT2D eigenvalue weighted by atomic mass is 35.5. The first-order valence-electron chi connectivity index (χ1n) is 10.4. The molecular formula is C26H29ClFNO3. The fourth-order valence-corrected chi connectivity index (χ4v) is 3.59. The number of benzene rings is 3. The Balaban J connectivity index is 0.00000363. The molecule has 170 valence electrons. The molecule has 0 spiro atoms. The first-order chi connectivity index (χ1) is 14.9. The molecule has 6 heteroatoms. The van der Waals surface area contributed by atoms with Crippen molar-refractivity contribution in [2.75, 3.05) is 6.61 Å². The van der Waals surface area contributed by atoms with Crippen molar-refractivity contribution in [3.05, 3.63) is 88.7 Å². The van der Waals surface area contributed by atoms with E-state index in [1.54, 1.807) is 26.0 Å². The van der Waals surface area contributed by atoms with Crippen LogP contribution in [0, 0.1) is 19.7 Å². The number of carbonyl (C=O) groups is 1. The van der Waals surface area contributed by atoms with Crippen LogP contribution >= 0.6 is 12.4 Å². The quantitative estimate of drug-likeness (QED) is 0.417. The topological polar surface area (TPSA) is 61.5 Å². The fraction of sp³-hybridized carbons (Fsp3) is 0.269. The Hall–Kier alpha value is -2.89. The Bertz CT molecular complexity index is 1060. The first kappa shape index (κ1) is 25.4. The molecule has 0 aromatic heterocycles. The van der Waals surface area contributed by atoms with Gasteiger partial charge in [0.15, 0.2) is 0 Å². The molecule has 0 fully saturated rings. The monoisotopic (exact) mass is 457 g/mol. The summed E-state index contributed by atoms with van der Waals surface area (Å²) in [6.07, 6.45) is -0.0845. The van der Waals surface area contributed by atoms with Crippen LogP contribution in [-0.4, -0.2) is 12.6 Å². The van der Waals surface area contributed by atoms with E-state index in [9.17, 15) is 9.18 Å². The van der Waals surface area contributed by atoms with Crippen molar-refractivity contribution in [2.45, 2.75) is 39.8 Å². The lowest BCUT2D eigenvalue weighted by atomic mass is 9.92. The smallest absolute Gasteiger partial charge is 0.307 e. The van der Waals surface area contributed by atoms with E-state index in [2.05, 4.69) is 0 Å². The van der Waals surface area contributed by atoms with Crippen molar-refractivity contribution in [3.63, 3.8) is 0 Å². The molecular weight excluding hydrogens is 429 g/mol. The van der Waals surface area contributed by atoms with E-state index >= 15 is 0 Å². The highest BCUT2D eigenvalue weighted by molar-refractivity contribution is 5.85. The van der Waals surface area contributed by atoms with Gasteiger partial charge in [0.2, 0.25) is 0 Å². The van der Waals surface area contributed by atoms with Gasteiger partial charge >= 0.3 is 5.97 Å². The summed E-state index contributed by atoms with van der Waals surface area (Å²) < 4.78 is 26.0. The zero-order valence-corrected chi connectivity index (χ0v) is 19.4. The van der Waals surface area contributed by atoms with Crippen LogP contribution in [0.4, 0.5) is 4.39 Å². The molecule has 3 rings (SSSR count). The van der Waals surface area contributed by atoms with E-state index in [-0.39, 0.29) is 25.4 Å². The number of hydrogen-bond acceptors (Lipinski definition) is 4. The van der Waals surface area contributed by atoms with Gasteiger partial charge in [-0.05, 0) is 61.2 Å². The maximum absolute atomic E-state index is 14.9. The molecule has 32 heavy (non-hydrogen) atoms. The molecule has 1 atom stereocenters. The second-order valence-electron chi connectivity index (χ2n) is 7.53. The Kier molecular flexibility index (Phi) is 9.24. The van der Waals surface area contributed by atoms with Crippen molar-refractivity contribution in [2.24, 2.45) is 5.73 Å². The highest BCUT2D eigenvalue weighted by Crippen LogP contribution is 2.37. The van der Waals surface area contributed by atoms with Gasteiger partial charge in [-0.25, -0.2) is 4.39 Å². The van der Waals surface area contributed by atoms with Gasteiger partial charge in [0, 0.05) is 17.2 Å². The van der Waals surface area contributed by atoms with Crippen LogP contribution in [0.2, 0.25) is 0 Å². The number of hydrogen-bond donors (Lipinski definition) is 1. The van der Waals surface area contributed by atoms with Gasteiger partial charge in [-0.1, -0.05) is 42.5 Å². The van der Waals surface area contributed by atoms with Crippen molar-refractivity contribution >= 4 is 18.4 Å². The van der Waals surface area contributed by atoms with Gasteiger partial charge in [0.1, 0.15) is 18.2 Å². The predicted octanol–water partition coefficient (Wildman–Crippen LogP) is 6.06. The van der Waals surface area contributed by atoms with Crippen molar-refractivity contribution in [3.8, 4) is 16.9 Å². The van der Waals surface area contributed by atoms with Crippen molar-refractivity contribution < 1.29 is 18.7 Å². The average Bonchev–Trinajstić information content (AvgIpc) is 2.75. The number of rotatable bonds is 8. The second kappa shape index (κ2) is 11.7. The summed E-state index contributed by atoms with van der Waals surface area (Å²) in [6, 6.07) is 18.4. The maximum Gasteiger partial charge on any atom is 0.307 e. The summed E-state index contributed by atoms with van der Waals surface area (Å²) >= 11 is 0. The largest absolute Gasteiger partial charge is 0.488 e. The third kappa shape index (κ3) is 6.09. The van der Waals surface area contributed by atoms with E-state index in [0.29, 0.717) is 23.5 Å². The zero-order chi connectivity index (χ0) is 22.4. The number of carbonyl (C=O) groups excluding carboxylic acids is 1. The van der Waals surface area contributed by atoms with Crippen LogP contribution in [0.1, 0.15) is 41.6 Å². The van der Waals surface area contributed by atoms with Crippen LogP contribution in [0.5, 0.6) is 5.75 Å². The van der Waals surface area contributed by atoms with Gasteiger partial charge in [0.25, 0.3) is 0 Å². The minimum atomic E-state index is -0.796. The molecule has 0 aliphatic heterocycles. The summed E-state index contributed by atoms with van der Waals surface area (Å²) in [7, 11) is 0. The molecule has 0 heterocycles. The van der Waals surface area contributed by atoms with E-state index in [0.717, 1.165) is 22.3 Å². The molecule has 0 unspecified atom stereocenters. The number of halogens is 2. The molecule has 4 nitrogen and oxygen atoms in total. The molecule has 0 bridgehead atoms. The van der Waals surface area contributed by atoms with Gasteiger partial charge in [-0.15, -0.1) is 12.4 Å². The van der Waals surface area contributed by atoms with Gasteiger partial charge in [-0.2, -0.15) is 0 Å². The Morgan fingerprint density at radius 3 is 2.44 bits per heavy atom. The lowest BCUT2D eigenvalue weighted by molar-refractivity contribution is -0.143. The summed E-state index contributed by atoms with van der Waals surface area (Å²) in [5, 5.41) is 0. The van der Waals surface area contributed by atoms with Crippen LogP contribution in [-0.2, 0) is 16.1 Å². The highest BCUT2D eigenvalue weighted by Gasteiger charge is 2.20. The number of esters is 1. The molecule has 0 saturated heterocycles.